The third-order valence-electron chi connectivity index (χ3n) is 2.53. The summed E-state index contributed by atoms with van der Waals surface area (Å²) in [4.78, 5) is 23.9. The number of carbonyl (C=O) groups is 2. The molecule has 0 spiro atoms. The van der Waals surface area contributed by atoms with Gasteiger partial charge in [0.1, 0.15) is 11.6 Å². The van der Waals surface area contributed by atoms with Crippen LogP contribution in [0, 0.1) is 6.92 Å². The molecule has 0 radical (unpaired) electrons. The van der Waals surface area contributed by atoms with Crippen LogP contribution in [0.3, 0.4) is 0 Å². The van der Waals surface area contributed by atoms with Crippen LogP contribution >= 0.6 is 15.9 Å². The molecular formula is C15H20BrNO3. The van der Waals surface area contributed by atoms with E-state index in [1.54, 1.807) is 39.8 Å². The molecule has 0 saturated heterocycles. The third-order valence-corrected chi connectivity index (χ3v) is 3.42. The Balaban J connectivity index is 2.70. The number of hydrogen-bond donors (Lipinski definition) is 1. The molecule has 0 aliphatic heterocycles. The zero-order valence-corrected chi connectivity index (χ0v) is 14.0. The van der Waals surface area contributed by atoms with Gasteiger partial charge in [-0.05, 0) is 58.4 Å². The van der Waals surface area contributed by atoms with Crippen molar-refractivity contribution in [2.75, 3.05) is 0 Å². The van der Waals surface area contributed by atoms with E-state index in [0.717, 1.165) is 10.0 Å². The van der Waals surface area contributed by atoms with Gasteiger partial charge in [-0.15, -0.1) is 0 Å². The first kappa shape index (κ1) is 16.7. The summed E-state index contributed by atoms with van der Waals surface area (Å²) < 4.78 is 6.16. The van der Waals surface area contributed by atoms with Gasteiger partial charge in [0.05, 0.1) is 0 Å². The zero-order chi connectivity index (χ0) is 15.5. The highest BCUT2D eigenvalue weighted by atomic mass is 79.9. The molecule has 0 aliphatic carbocycles. The molecule has 110 valence electrons. The van der Waals surface area contributed by atoms with Gasteiger partial charge in [-0.2, -0.15) is 0 Å². The minimum atomic E-state index is -0.689. The predicted molar refractivity (Wildman–Crippen MR) is 81.7 cm³/mol. The number of carbonyl (C=O) groups excluding carboxylic acids is 2. The van der Waals surface area contributed by atoms with Crippen molar-refractivity contribution in [3.05, 3.63) is 33.8 Å². The van der Waals surface area contributed by atoms with Crippen molar-refractivity contribution in [1.29, 1.82) is 0 Å². The van der Waals surface area contributed by atoms with E-state index >= 15 is 0 Å². The first-order valence-corrected chi connectivity index (χ1v) is 7.19. The van der Waals surface area contributed by atoms with E-state index in [2.05, 4.69) is 21.2 Å². The van der Waals surface area contributed by atoms with Gasteiger partial charge in [-0.1, -0.05) is 15.9 Å². The number of hydrogen-bond acceptors (Lipinski definition) is 3. The Kier molecular flexibility index (Phi) is 5.34. The van der Waals surface area contributed by atoms with Crippen molar-refractivity contribution in [1.82, 2.24) is 5.32 Å². The fourth-order valence-corrected chi connectivity index (χ4v) is 1.76. The maximum atomic E-state index is 12.1. The number of aryl methyl sites for hydroxylation is 1. The largest absolute Gasteiger partial charge is 0.458 e. The molecule has 4 nitrogen and oxygen atoms in total. The average molecular weight is 342 g/mol. The van der Waals surface area contributed by atoms with E-state index in [1.165, 1.54) is 0 Å². The second-order valence-electron chi connectivity index (χ2n) is 5.69. The van der Waals surface area contributed by atoms with Crippen LogP contribution in [0.15, 0.2) is 22.7 Å². The molecule has 1 atom stereocenters. The Labute approximate surface area is 128 Å². The van der Waals surface area contributed by atoms with E-state index in [9.17, 15) is 9.59 Å². The standard InChI is InChI=1S/C15H20BrNO3/c1-9-8-11(6-7-12(9)16)13(18)17-10(2)14(19)20-15(3,4)5/h6-8,10H,1-5H3,(H,17,18)/t10-/m0/s1. The van der Waals surface area contributed by atoms with E-state index in [-0.39, 0.29) is 5.91 Å². The number of benzene rings is 1. The van der Waals surface area contributed by atoms with Gasteiger partial charge >= 0.3 is 5.97 Å². The van der Waals surface area contributed by atoms with Crippen LogP contribution in [-0.2, 0) is 9.53 Å². The van der Waals surface area contributed by atoms with Crippen LogP contribution in [0.2, 0.25) is 0 Å². The molecule has 1 N–H and O–H groups in total. The molecule has 0 aromatic heterocycles. The fraction of sp³-hybridized carbons (Fsp3) is 0.467. The number of rotatable bonds is 3. The van der Waals surface area contributed by atoms with Crippen molar-refractivity contribution in [2.45, 2.75) is 46.3 Å². The minimum Gasteiger partial charge on any atom is -0.458 e. The fourth-order valence-electron chi connectivity index (χ4n) is 1.51. The Morgan fingerprint density at radius 1 is 1.30 bits per heavy atom. The van der Waals surface area contributed by atoms with Crippen molar-refractivity contribution >= 4 is 27.8 Å². The minimum absolute atomic E-state index is 0.293. The molecule has 1 amide bonds. The first-order valence-electron chi connectivity index (χ1n) is 6.40. The Morgan fingerprint density at radius 3 is 2.40 bits per heavy atom. The van der Waals surface area contributed by atoms with Gasteiger partial charge in [0.15, 0.2) is 0 Å². The Bertz CT molecular complexity index is 520. The second-order valence-corrected chi connectivity index (χ2v) is 6.55. The number of esters is 1. The van der Waals surface area contributed by atoms with Crippen molar-refractivity contribution < 1.29 is 14.3 Å². The summed E-state index contributed by atoms with van der Waals surface area (Å²) in [6, 6.07) is 4.59. The molecule has 0 fully saturated rings. The molecule has 1 aromatic carbocycles. The molecule has 0 saturated carbocycles. The molecule has 1 aromatic rings. The molecule has 20 heavy (non-hydrogen) atoms. The van der Waals surface area contributed by atoms with Crippen LogP contribution in [-0.4, -0.2) is 23.5 Å². The topological polar surface area (TPSA) is 55.4 Å². The maximum absolute atomic E-state index is 12.1. The summed E-state index contributed by atoms with van der Waals surface area (Å²) in [5.74, 6) is -0.737. The molecule has 0 bridgehead atoms. The van der Waals surface area contributed by atoms with Crippen molar-refractivity contribution in [3.63, 3.8) is 0 Å². The normalized spacial score (nSPS) is 12.7. The maximum Gasteiger partial charge on any atom is 0.328 e. The van der Waals surface area contributed by atoms with Gasteiger partial charge in [0.2, 0.25) is 0 Å². The summed E-state index contributed by atoms with van der Waals surface area (Å²) in [6.45, 7) is 8.88. The Morgan fingerprint density at radius 2 is 1.90 bits per heavy atom. The van der Waals surface area contributed by atoms with Gasteiger partial charge in [0, 0.05) is 10.0 Å². The van der Waals surface area contributed by atoms with E-state index < -0.39 is 17.6 Å². The van der Waals surface area contributed by atoms with Crippen LogP contribution in [0.1, 0.15) is 43.6 Å². The lowest BCUT2D eigenvalue weighted by Crippen LogP contribution is -2.42. The summed E-state index contributed by atoms with van der Waals surface area (Å²) in [5.41, 5.74) is 0.910. The van der Waals surface area contributed by atoms with Crippen LogP contribution in [0.4, 0.5) is 0 Å². The van der Waals surface area contributed by atoms with Gasteiger partial charge < -0.3 is 10.1 Å². The Hall–Kier alpha value is -1.36. The van der Waals surface area contributed by atoms with Crippen LogP contribution < -0.4 is 5.32 Å². The number of nitrogens with one attached hydrogen (secondary N) is 1. The molecule has 0 unspecified atom stereocenters. The van der Waals surface area contributed by atoms with E-state index in [1.807, 2.05) is 13.0 Å². The third kappa shape index (κ3) is 4.96. The lowest BCUT2D eigenvalue weighted by Gasteiger charge is -2.22. The molecule has 0 heterocycles. The zero-order valence-electron chi connectivity index (χ0n) is 12.4. The average Bonchev–Trinajstić information content (AvgIpc) is 2.30. The lowest BCUT2D eigenvalue weighted by atomic mass is 10.1. The predicted octanol–water partition coefficient (Wildman–Crippen LogP) is 3.22. The quantitative estimate of drug-likeness (QED) is 0.858. The highest BCUT2D eigenvalue weighted by molar-refractivity contribution is 9.10. The molecule has 1 rings (SSSR count). The number of halogens is 1. The second kappa shape index (κ2) is 6.39. The first-order chi connectivity index (χ1) is 9.10. The van der Waals surface area contributed by atoms with Crippen LogP contribution in [0.25, 0.3) is 0 Å². The van der Waals surface area contributed by atoms with Crippen molar-refractivity contribution in [3.8, 4) is 0 Å². The summed E-state index contributed by atoms with van der Waals surface area (Å²) in [7, 11) is 0. The lowest BCUT2D eigenvalue weighted by molar-refractivity contribution is -0.156. The van der Waals surface area contributed by atoms with Gasteiger partial charge in [-0.25, -0.2) is 4.79 Å². The summed E-state index contributed by atoms with van der Waals surface area (Å²) >= 11 is 3.38. The van der Waals surface area contributed by atoms with E-state index in [4.69, 9.17) is 4.74 Å². The molecule has 0 aliphatic rings. The summed E-state index contributed by atoms with van der Waals surface area (Å²) in [6.07, 6.45) is 0. The SMILES string of the molecule is Cc1cc(C(=O)N[C@@H](C)C(=O)OC(C)(C)C)ccc1Br. The molecular weight excluding hydrogens is 322 g/mol. The van der Waals surface area contributed by atoms with Crippen LogP contribution in [0.5, 0.6) is 0 Å². The molecule has 5 heteroatoms. The highest BCUT2D eigenvalue weighted by Crippen LogP contribution is 2.17. The smallest absolute Gasteiger partial charge is 0.328 e. The van der Waals surface area contributed by atoms with E-state index in [0.29, 0.717) is 5.56 Å². The summed E-state index contributed by atoms with van der Waals surface area (Å²) in [5, 5.41) is 2.64. The monoisotopic (exact) mass is 341 g/mol. The van der Waals surface area contributed by atoms with Gasteiger partial charge in [-0.3, -0.25) is 4.79 Å². The van der Waals surface area contributed by atoms with Gasteiger partial charge in [0.25, 0.3) is 5.91 Å². The number of ether oxygens (including phenoxy) is 1. The number of amides is 1. The highest BCUT2D eigenvalue weighted by Gasteiger charge is 2.23. The van der Waals surface area contributed by atoms with Crippen molar-refractivity contribution in [2.24, 2.45) is 0 Å².